The van der Waals surface area contributed by atoms with Gasteiger partial charge in [-0.1, -0.05) is 5.10 Å². The molecule has 0 aromatic carbocycles. The predicted octanol–water partition coefficient (Wildman–Crippen LogP) is 1.90. The van der Waals surface area contributed by atoms with Crippen LogP contribution in [0.25, 0.3) is 0 Å². The summed E-state index contributed by atoms with van der Waals surface area (Å²) >= 11 is 0. The Morgan fingerprint density at radius 2 is 1.70 bits per heavy atom. The fourth-order valence-electron chi connectivity index (χ4n) is 0.149. The van der Waals surface area contributed by atoms with Crippen LogP contribution in [-0.4, -0.2) is 13.5 Å². The van der Waals surface area contributed by atoms with Crippen molar-refractivity contribution in [1.29, 1.82) is 0 Å². The van der Waals surface area contributed by atoms with Gasteiger partial charge in [0.25, 0.3) is 6.54 Å². The molecule has 56 valence electrons. The summed E-state index contributed by atoms with van der Waals surface area (Å²) in [4.78, 5) is 0. The monoisotopic (exact) mass is 155 g/mol. The SMILES string of the molecule is C1=NN=N[CH+]1.F[B-](F)(F)F. The summed E-state index contributed by atoms with van der Waals surface area (Å²) in [6.07, 6.45) is 1.53. The highest BCUT2D eigenvalue weighted by atomic mass is 19.5. The van der Waals surface area contributed by atoms with Gasteiger partial charge in [0.1, 0.15) is 0 Å². The van der Waals surface area contributed by atoms with E-state index in [0.717, 1.165) is 0 Å². The van der Waals surface area contributed by atoms with Gasteiger partial charge in [-0.2, -0.15) is 0 Å². The molecule has 0 fully saturated rings. The van der Waals surface area contributed by atoms with E-state index in [2.05, 4.69) is 15.4 Å². The molecule has 0 spiro atoms. The van der Waals surface area contributed by atoms with Crippen molar-refractivity contribution in [2.45, 2.75) is 0 Å². The zero-order chi connectivity index (χ0) is 8.04. The average molecular weight is 155 g/mol. The summed E-state index contributed by atoms with van der Waals surface area (Å²) in [5.74, 6) is 0. The maximum absolute atomic E-state index is 9.75. The number of hydrogen-bond donors (Lipinski definition) is 0. The van der Waals surface area contributed by atoms with E-state index in [9.17, 15) is 17.3 Å². The first-order chi connectivity index (χ1) is 4.50. The van der Waals surface area contributed by atoms with Crippen LogP contribution in [0.2, 0.25) is 0 Å². The minimum atomic E-state index is -6.00. The van der Waals surface area contributed by atoms with Crippen LogP contribution in [0.5, 0.6) is 0 Å². The minimum absolute atomic E-state index is 1.53. The second-order valence-electron chi connectivity index (χ2n) is 1.11. The Morgan fingerprint density at radius 1 is 1.20 bits per heavy atom. The highest BCUT2D eigenvalue weighted by molar-refractivity contribution is 6.50. The van der Waals surface area contributed by atoms with Crippen LogP contribution in [0.1, 0.15) is 0 Å². The molecule has 0 bridgehead atoms. The lowest BCUT2D eigenvalue weighted by atomic mass is 10.3. The first-order valence-corrected chi connectivity index (χ1v) is 2.12. The van der Waals surface area contributed by atoms with Crippen molar-refractivity contribution in [1.82, 2.24) is 0 Å². The van der Waals surface area contributed by atoms with Crippen LogP contribution >= 0.6 is 0 Å². The number of rotatable bonds is 0. The zero-order valence-electron chi connectivity index (χ0n) is 4.59. The van der Waals surface area contributed by atoms with Gasteiger partial charge in [0.05, 0.1) is 0 Å². The van der Waals surface area contributed by atoms with E-state index in [1.54, 1.807) is 0 Å². The lowest BCUT2D eigenvalue weighted by molar-refractivity contribution is 0.368. The Labute approximate surface area is 53.9 Å². The van der Waals surface area contributed by atoms with Crippen molar-refractivity contribution in [3.63, 3.8) is 0 Å². The number of nitrogens with zero attached hydrogens (tertiary/aromatic N) is 3. The van der Waals surface area contributed by atoms with Gasteiger partial charge < -0.3 is 17.3 Å². The average Bonchev–Trinajstić information content (AvgIpc) is 2.07. The lowest BCUT2D eigenvalue weighted by Crippen LogP contribution is -2.02. The maximum Gasteiger partial charge on any atom is 0.673 e. The second-order valence-corrected chi connectivity index (χ2v) is 1.11. The molecule has 0 aromatic rings. The van der Waals surface area contributed by atoms with E-state index < -0.39 is 7.25 Å². The molecule has 3 nitrogen and oxygen atoms in total. The van der Waals surface area contributed by atoms with E-state index in [1.807, 2.05) is 0 Å². The van der Waals surface area contributed by atoms with Gasteiger partial charge in [-0.25, -0.2) is 0 Å². The van der Waals surface area contributed by atoms with Gasteiger partial charge in [0, 0.05) is 10.3 Å². The third-order valence-corrected chi connectivity index (χ3v) is 0.303. The van der Waals surface area contributed by atoms with Gasteiger partial charge in [0.15, 0.2) is 0 Å². The van der Waals surface area contributed by atoms with Crippen molar-refractivity contribution in [3.8, 4) is 0 Å². The van der Waals surface area contributed by atoms with Crippen molar-refractivity contribution in [3.05, 3.63) is 6.54 Å². The Hall–Kier alpha value is -1.08. The van der Waals surface area contributed by atoms with Crippen LogP contribution in [0.3, 0.4) is 0 Å². The molecule has 0 radical (unpaired) electrons. The van der Waals surface area contributed by atoms with E-state index in [-0.39, 0.29) is 0 Å². The Kier molecular flexibility index (Phi) is 3.44. The van der Waals surface area contributed by atoms with Crippen LogP contribution in [0.15, 0.2) is 15.4 Å². The smallest absolute Gasteiger partial charge is 0.418 e. The van der Waals surface area contributed by atoms with E-state index >= 15 is 0 Å². The third kappa shape index (κ3) is 15.8. The molecular weight excluding hydrogens is 153 g/mol. The molecule has 0 unspecified atom stereocenters. The van der Waals surface area contributed by atoms with Gasteiger partial charge >= 0.3 is 7.25 Å². The molecule has 0 saturated heterocycles. The van der Waals surface area contributed by atoms with E-state index in [0.29, 0.717) is 0 Å². The van der Waals surface area contributed by atoms with Crippen molar-refractivity contribution in [2.24, 2.45) is 15.4 Å². The Morgan fingerprint density at radius 3 is 1.80 bits per heavy atom. The summed E-state index contributed by atoms with van der Waals surface area (Å²) in [5, 5.41) is 9.94. The van der Waals surface area contributed by atoms with Crippen LogP contribution in [0.4, 0.5) is 17.3 Å². The maximum atomic E-state index is 9.75. The summed E-state index contributed by atoms with van der Waals surface area (Å²) < 4.78 is 39.0. The zero-order valence-corrected chi connectivity index (χ0v) is 4.59. The fourth-order valence-corrected chi connectivity index (χ4v) is 0.149. The highest BCUT2D eigenvalue weighted by Gasteiger charge is 2.20. The summed E-state index contributed by atoms with van der Waals surface area (Å²) in [6, 6.07) is 0. The first-order valence-electron chi connectivity index (χ1n) is 2.12. The summed E-state index contributed by atoms with van der Waals surface area (Å²) in [7, 11) is -6.00. The van der Waals surface area contributed by atoms with Crippen molar-refractivity contribution >= 4 is 13.5 Å². The normalized spacial score (nSPS) is 14.0. The van der Waals surface area contributed by atoms with Gasteiger partial charge in [-0.15, -0.1) is 0 Å². The molecule has 0 amide bonds. The third-order valence-electron chi connectivity index (χ3n) is 0.303. The Bertz CT molecular complexity index is 124. The molecule has 1 heterocycles. The first kappa shape index (κ1) is 8.92. The topological polar surface area (TPSA) is 37.1 Å². The predicted molar refractivity (Wildman–Crippen MR) is 27.8 cm³/mol. The number of halogens is 4. The highest BCUT2D eigenvalue weighted by Crippen LogP contribution is 2.06. The molecule has 1 aliphatic heterocycles. The molecular formula is C2H2BF4N3. The molecule has 0 aromatic heterocycles. The quantitative estimate of drug-likeness (QED) is 0.291. The van der Waals surface area contributed by atoms with Gasteiger partial charge in [-0.3, -0.25) is 0 Å². The second kappa shape index (κ2) is 3.86. The molecule has 0 aliphatic carbocycles. The molecule has 1 rings (SSSR count). The molecule has 0 saturated carbocycles. The largest absolute Gasteiger partial charge is 0.673 e. The van der Waals surface area contributed by atoms with Gasteiger partial charge in [0.2, 0.25) is 6.21 Å². The minimum Gasteiger partial charge on any atom is -0.418 e. The standard InChI is InChI=1S/C2H2N3.BF4/c1-2-4-5-3-1;2-1(3,4)5/h1-2H;/q+1;-1. The van der Waals surface area contributed by atoms with Crippen LogP contribution in [0, 0.1) is 6.54 Å². The molecule has 8 heteroatoms. The molecule has 0 N–H and O–H groups in total. The van der Waals surface area contributed by atoms with Crippen molar-refractivity contribution < 1.29 is 17.3 Å². The molecule has 10 heavy (non-hydrogen) atoms. The molecule has 1 aliphatic rings. The fraction of sp³-hybridized carbons (Fsp3) is 0. The van der Waals surface area contributed by atoms with E-state index in [1.165, 1.54) is 12.8 Å². The summed E-state index contributed by atoms with van der Waals surface area (Å²) in [5.41, 5.74) is 0. The summed E-state index contributed by atoms with van der Waals surface area (Å²) in [6.45, 7) is 1.53. The molecule has 0 atom stereocenters. The van der Waals surface area contributed by atoms with E-state index in [4.69, 9.17) is 0 Å². The van der Waals surface area contributed by atoms with Crippen LogP contribution < -0.4 is 0 Å². The lowest BCUT2D eigenvalue weighted by Gasteiger charge is -1.94. The van der Waals surface area contributed by atoms with Gasteiger partial charge in [-0.05, 0) is 0 Å². The Balaban J connectivity index is 0.000000162. The number of hydrogen-bond acceptors (Lipinski definition) is 3. The van der Waals surface area contributed by atoms with Crippen LogP contribution in [-0.2, 0) is 0 Å². The van der Waals surface area contributed by atoms with Crippen molar-refractivity contribution in [2.75, 3.05) is 0 Å².